The molecule has 0 fully saturated rings. The maximum absolute atomic E-state index is 12.1. The van der Waals surface area contributed by atoms with Crippen molar-refractivity contribution in [2.45, 2.75) is 46.6 Å². The first-order chi connectivity index (χ1) is 9.43. The molecule has 1 aromatic carbocycles. The summed E-state index contributed by atoms with van der Waals surface area (Å²) in [5, 5.41) is 2.99. The lowest BCUT2D eigenvalue weighted by Crippen LogP contribution is -2.32. The van der Waals surface area contributed by atoms with E-state index in [2.05, 4.69) is 19.2 Å². The lowest BCUT2D eigenvalue weighted by Gasteiger charge is -2.15. The van der Waals surface area contributed by atoms with Crippen molar-refractivity contribution >= 4 is 11.6 Å². The molecule has 0 radical (unpaired) electrons. The summed E-state index contributed by atoms with van der Waals surface area (Å²) in [6.07, 6.45) is 2.09. The van der Waals surface area contributed by atoms with Gasteiger partial charge in [0.15, 0.2) is 0 Å². The predicted molar refractivity (Wildman–Crippen MR) is 83.0 cm³/mol. The van der Waals surface area contributed by atoms with Crippen LogP contribution in [0.2, 0.25) is 0 Å². The molecule has 1 unspecified atom stereocenters. The Kier molecular flexibility index (Phi) is 6.36. The van der Waals surface area contributed by atoms with Crippen molar-refractivity contribution in [3.63, 3.8) is 0 Å². The Morgan fingerprint density at radius 1 is 1.30 bits per heavy atom. The van der Waals surface area contributed by atoms with Gasteiger partial charge in [-0.2, -0.15) is 0 Å². The van der Waals surface area contributed by atoms with Crippen molar-refractivity contribution in [3.8, 4) is 5.75 Å². The Morgan fingerprint density at radius 3 is 2.55 bits per heavy atom. The summed E-state index contributed by atoms with van der Waals surface area (Å²) >= 11 is 0. The highest BCUT2D eigenvalue weighted by molar-refractivity contribution is 5.95. The van der Waals surface area contributed by atoms with Crippen molar-refractivity contribution in [2.75, 3.05) is 12.3 Å². The summed E-state index contributed by atoms with van der Waals surface area (Å²) < 4.78 is 5.36. The van der Waals surface area contributed by atoms with E-state index in [1.54, 1.807) is 18.2 Å². The molecule has 0 saturated heterocycles. The van der Waals surface area contributed by atoms with Crippen molar-refractivity contribution in [3.05, 3.63) is 23.8 Å². The van der Waals surface area contributed by atoms with E-state index in [9.17, 15) is 4.79 Å². The van der Waals surface area contributed by atoms with Gasteiger partial charge in [-0.15, -0.1) is 0 Å². The van der Waals surface area contributed by atoms with Crippen LogP contribution in [0.3, 0.4) is 0 Å². The van der Waals surface area contributed by atoms with Gasteiger partial charge in [-0.25, -0.2) is 0 Å². The third-order valence-electron chi connectivity index (χ3n) is 3.13. The molecule has 0 aliphatic rings. The largest absolute Gasteiger partial charge is 0.492 e. The maximum atomic E-state index is 12.1. The molecule has 0 aromatic heterocycles. The minimum absolute atomic E-state index is 0.0870. The number of rotatable bonds is 7. The van der Waals surface area contributed by atoms with Crippen LogP contribution in [0.1, 0.15) is 50.9 Å². The molecule has 20 heavy (non-hydrogen) atoms. The number of nitrogen functional groups attached to an aromatic ring is 1. The van der Waals surface area contributed by atoms with E-state index in [0.29, 0.717) is 29.5 Å². The van der Waals surface area contributed by atoms with Crippen LogP contribution >= 0.6 is 0 Å². The fraction of sp³-hybridized carbons (Fsp3) is 0.562. The minimum atomic E-state index is -0.0870. The number of nitrogens with two attached hydrogens (primary N) is 1. The monoisotopic (exact) mass is 278 g/mol. The van der Waals surface area contributed by atoms with Gasteiger partial charge in [0, 0.05) is 11.6 Å². The summed E-state index contributed by atoms with van der Waals surface area (Å²) in [5.41, 5.74) is 6.94. The van der Waals surface area contributed by atoms with Gasteiger partial charge in [0.2, 0.25) is 0 Å². The van der Waals surface area contributed by atoms with Gasteiger partial charge < -0.3 is 15.8 Å². The minimum Gasteiger partial charge on any atom is -0.492 e. The Hall–Kier alpha value is -1.71. The quantitative estimate of drug-likeness (QED) is 0.753. The van der Waals surface area contributed by atoms with Crippen LogP contribution in [0.25, 0.3) is 0 Å². The van der Waals surface area contributed by atoms with Gasteiger partial charge in [-0.1, -0.05) is 13.8 Å². The highest BCUT2D eigenvalue weighted by Gasteiger charge is 2.12. The predicted octanol–water partition coefficient (Wildman–Crippen LogP) is 3.22. The van der Waals surface area contributed by atoms with E-state index in [1.165, 1.54) is 0 Å². The zero-order valence-corrected chi connectivity index (χ0v) is 12.9. The second kappa shape index (κ2) is 7.78. The standard InChI is InChI=1S/C16H26N2O2/c1-5-20-15-9-8-13(10-14(15)17)16(19)18-12(4)7-6-11(2)3/h8-12H,5-7,17H2,1-4H3,(H,18,19). The zero-order chi connectivity index (χ0) is 15.1. The van der Waals surface area contributed by atoms with E-state index < -0.39 is 0 Å². The molecule has 0 bridgehead atoms. The highest BCUT2D eigenvalue weighted by Crippen LogP contribution is 2.22. The summed E-state index contributed by atoms with van der Waals surface area (Å²) in [5.74, 6) is 1.18. The third kappa shape index (κ3) is 5.11. The molecule has 3 N–H and O–H groups in total. The number of hydrogen-bond donors (Lipinski definition) is 2. The lowest BCUT2D eigenvalue weighted by molar-refractivity contribution is 0.0937. The van der Waals surface area contributed by atoms with E-state index in [1.807, 2.05) is 13.8 Å². The topological polar surface area (TPSA) is 64.3 Å². The fourth-order valence-corrected chi connectivity index (χ4v) is 1.94. The molecule has 112 valence electrons. The summed E-state index contributed by atoms with van der Waals surface area (Å²) in [4.78, 5) is 12.1. The van der Waals surface area contributed by atoms with E-state index in [-0.39, 0.29) is 11.9 Å². The Labute approximate surface area is 121 Å². The van der Waals surface area contributed by atoms with Gasteiger partial charge in [-0.3, -0.25) is 4.79 Å². The van der Waals surface area contributed by atoms with Crippen LogP contribution in [0, 0.1) is 5.92 Å². The first kappa shape index (κ1) is 16.3. The number of nitrogens with one attached hydrogen (secondary N) is 1. The first-order valence-corrected chi connectivity index (χ1v) is 7.27. The van der Waals surface area contributed by atoms with Crippen LogP contribution in [-0.4, -0.2) is 18.6 Å². The second-order valence-corrected chi connectivity index (χ2v) is 5.53. The number of carbonyl (C=O) groups is 1. The van der Waals surface area contributed by atoms with Crippen LogP contribution in [0.15, 0.2) is 18.2 Å². The van der Waals surface area contributed by atoms with Crippen molar-refractivity contribution in [1.29, 1.82) is 0 Å². The van der Waals surface area contributed by atoms with E-state index in [0.717, 1.165) is 12.8 Å². The molecule has 0 aliphatic heterocycles. The molecule has 4 nitrogen and oxygen atoms in total. The molecule has 0 spiro atoms. The molecule has 0 aliphatic carbocycles. The number of carbonyl (C=O) groups excluding carboxylic acids is 1. The Bertz CT molecular complexity index is 444. The maximum Gasteiger partial charge on any atom is 0.251 e. The Balaban J connectivity index is 2.61. The number of anilines is 1. The SMILES string of the molecule is CCOc1ccc(C(=O)NC(C)CCC(C)C)cc1N. The molecule has 1 amide bonds. The van der Waals surface area contributed by atoms with Crippen LogP contribution in [0.4, 0.5) is 5.69 Å². The molecular formula is C16H26N2O2. The Morgan fingerprint density at radius 2 is 2.00 bits per heavy atom. The van der Waals surface area contributed by atoms with Crippen LogP contribution in [-0.2, 0) is 0 Å². The van der Waals surface area contributed by atoms with Crippen molar-refractivity contribution in [2.24, 2.45) is 5.92 Å². The highest BCUT2D eigenvalue weighted by atomic mass is 16.5. The number of hydrogen-bond acceptors (Lipinski definition) is 3. The van der Waals surface area contributed by atoms with Crippen molar-refractivity contribution < 1.29 is 9.53 Å². The third-order valence-corrected chi connectivity index (χ3v) is 3.13. The van der Waals surface area contributed by atoms with Crippen LogP contribution < -0.4 is 15.8 Å². The average molecular weight is 278 g/mol. The molecule has 1 aromatic rings. The average Bonchev–Trinajstić information content (AvgIpc) is 2.39. The summed E-state index contributed by atoms with van der Waals surface area (Å²) in [6.45, 7) is 8.85. The molecular weight excluding hydrogens is 252 g/mol. The van der Waals surface area contributed by atoms with Gasteiger partial charge >= 0.3 is 0 Å². The summed E-state index contributed by atoms with van der Waals surface area (Å²) in [7, 11) is 0. The molecule has 0 heterocycles. The number of amides is 1. The summed E-state index contributed by atoms with van der Waals surface area (Å²) in [6, 6.07) is 5.31. The molecule has 1 rings (SSSR count). The second-order valence-electron chi connectivity index (χ2n) is 5.53. The van der Waals surface area contributed by atoms with E-state index >= 15 is 0 Å². The molecule has 0 saturated carbocycles. The zero-order valence-electron chi connectivity index (χ0n) is 12.9. The smallest absolute Gasteiger partial charge is 0.251 e. The van der Waals surface area contributed by atoms with Gasteiger partial charge in [0.1, 0.15) is 5.75 Å². The fourth-order valence-electron chi connectivity index (χ4n) is 1.94. The van der Waals surface area contributed by atoms with Gasteiger partial charge in [0.05, 0.1) is 12.3 Å². The van der Waals surface area contributed by atoms with Crippen molar-refractivity contribution in [1.82, 2.24) is 5.32 Å². The lowest BCUT2D eigenvalue weighted by atomic mass is 10.0. The number of ether oxygens (including phenoxy) is 1. The van der Waals surface area contributed by atoms with E-state index in [4.69, 9.17) is 10.5 Å². The number of benzene rings is 1. The normalized spacial score (nSPS) is 12.2. The molecule has 1 atom stereocenters. The van der Waals surface area contributed by atoms with Gasteiger partial charge in [0.25, 0.3) is 5.91 Å². The molecule has 4 heteroatoms. The van der Waals surface area contributed by atoms with Crippen LogP contribution in [0.5, 0.6) is 5.75 Å². The first-order valence-electron chi connectivity index (χ1n) is 7.27. The van der Waals surface area contributed by atoms with Gasteiger partial charge in [-0.05, 0) is 50.8 Å².